The molecular formula is C13H16FNO4S. The molecule has 110 valence electrons. The number of sulfonamides is 1. The summed E-state index contributed by atoms with van der Waals surface area (Å²) in [5.74, 6) is -2.40. The van der Waals surface area contributed by atoms with Crippen molar-refractivity contribution >= 4 is 16.0 Å². The van der Waals surface area contributed by atoms with Gasteiger partial charge in [-0.2, -0.15) is 4.31 Å². The highest BCUT2D eigenvalue weighted by molar-refractivity contribution is 7.89. The zero-order chi connectivity index (χ0) is 15.5. The molecule has 0 aromatic heterocycles. The van der Waals surface area contributed by atoms with Crippen molar-refractivity contribution in [3.63, 3.8) is 0 Å². The largest absolute Gasteiger partial charge is 0.478 e. The highest BCUT2D eigenvalue weighted by Gasteiger charge is 2.26. The van der Waals surface area contributed by atoms with Crippen molar-refractivity contribution in [2.75, 3.05) is 13.1 Å². The fourth-order valence-corrected chi connectivity index (χ4v) is 3.20. The number of hydrogen-bond acceptors (Lipinski definition) is 3. The number of nitrogens with zero attached hydrogens (tertiary/aromatic N) is 1. The van der Waals surface area contributed by atoms with Gasteiger partial charge in [-0.15, -0.1) is 0 Å². The minimum Gasteiger partial charge on any atom is -0.478 e. The molecule has 0 amide bonds. The molecule has 0 aliphatic carbocycles. The molecular weight excluding hydrogens is 285 g/mol. The molecule has 0 atom stereocenters. The highest BCUT2D eigenvalue weighted by atomic mass is 32.2. The van der Waals surface area contributed by atoms with Gasteiger partial charge in [0.1, 0.15) is 10.7 Å². The van der Waals surface area contributed by atoms with Gasteiger partial charge in [-0.05, 0) is 25.1 Å². The first-order valence-corrected chi connectivity index (χ1v) is 7.31. The predicted octanol–water partition coefficient (Wildman–Crippen LogP) is 2.11. The van der Waals surface area contributed by atoms with Crippen LogP contribution in [-0.4, -0.2) is 36.9 Å². The number of likely N-dealkylation sites (N-methyl/N-ethyl adjacent to an activating group) is 1. The number of halogens is 1. The van der Waals surface area contributed by atoms with Crippen LogP contribution in [0.25, 0.3) is 0 Å². The van der Waals surface area contributed by atoms with Gasteiger partial charge in [-0.1, -0.05) is 19.1 Å². The van der Waals surface area contributed by atoms with Gasteiger partial charge in [0.05, 0.1) is 5.56 Å². The zero-order valence-electron chi connectivity index (χ0n) is 11.3. The van der Waals surface area contributed by atoms with Gasteiger partial charge >= 0.3 is 5.97 Å². The fraction of sp³-hybridized carbons (Fsp3) is 0.308. The van der Waals surface area contributed by atoms with Gasteiger partial charge in [0.25, 0.3) is 0 Å². The summed E-state index contributed by atoms with van der Waals surface area (Å²) in [5, 5.41) is 8.74. The molecule has 1 aromatic carbocycles. The maximum absolute atomic E-state index is 13.8. The summed E-state index contributed by atoms with van der Waals surface area (Å²) in [7, 11) is -4.01. The monoisotopic (exact) mass is 301 g/mol. The van der Waals surface area contributed by atoms with E-state index in [0.717, 1.165) is 16.4 Å². The van der Waals surface area contributed by atoms with E-state index in [1.807, 2.05) is 0 Å². The Morgan fingerprint density at radius 1 is 1.45 bits per heavy atom. The van der Waals surface area contributed by atoms with Crippen LogP contribution < -0.4 is 0 Å². The highest BCUT2D eigenvalue weighted by Crippen LogP contribution is 2.21. The Bertz CT molecular complexity index is 640. The number of hydrogen-bond donors (Lipinski definition) is 1. The Hall–Kier alpha value is -1.73. The number of carbonyl (C=O) groups is 1. The summed E-state index contributed by atoms with van der Waals surface area (Å²) in [6.45, 7) is 7.17. The molecule has 1 aromatic rings. The number of benzene rings is 1. The van der Waals surface area contributed by atoms with E-state index in [-0.39, 0.29) is 18.7 Å². The molecule has 5 nitrogen and oxygen atoms in total. The van der Waals surface area contributed by atoms with E-state index in [9.17, 15) is 17.6 Å². The summed E-state index contributed by atoms with van der Waals surface area (Å²) in [6.07, 6.45) is 0. The molecule has 0 bridgehead atoms. The minimum atomic E-state index is -4.01. The molecule has 0 heterocycles. The number of carboxylic acids is 1. The quantitative estimate of drug-likeness (QED) is 0.817. The normalized spacial score (nSPS) is 11.6. The van der Waals surface area contributed by atoms with Gasteiger partial charge in [-0.25, -0.2) is 17.6 Å². The van der Waals surface area contributed by atoms with E-state index in [1.165, 1.54) is 0 Å². The maximum atomic E-state index is 13.8. The fourth-order valence-electron chi connectivity index (χ4n) is 1.65. The van der Waals surface area contributed by atoms with E-state index in [4.69, 9.17) is 5.11 Å². The van der Waals surface area contributed by atoms with Gasteiger partial charge in [0.15, 0.2) is 0 Å². The second-order valence-electron chi connectivity index (χ2n) is 4.34. The number of carboxylic acid groups (broad SMARTS) is 1. The average Bonchev–Trinajstić information content (AvgIpc) is 2.34. The van der Waals surface area contributed by atoms with Crippen LogP contribution in [0.3, 0.4) is 0 Å². The molecule has 0 unspecified atom stereocenters. The lowest BCUT2D eigenvalue weighted by atomic mass is 10.2. The Morgan fingerprint density at radius 2 is 2.05 bits per heavy atom. The summed E-state index contributed by atoms with van der Waals surface area (Å²) in [5.41, 5.74) is 0.322. The Kier molecular flexibility index (Phi) is 5.02. The van der Waals surface area contributed by atoms with Crippen molar-refractivity contribution in [2.45, 2.75) is 18.7 Å². The maximum Gasteiger partial charge on any atom is 0.335 e. The lowest BCUT2D eigenvalue weighted by Gasteiger charge is -2.20. The van der Waals surface area contributed by atoms with Gasteiger partial charge in [0.2, 0.25) is 10.0 Å². The first kappa shape index (κ1) is 16.3. The third-order valence-electron chi connectivity index (χ3n) is 2.60. The summed E-state index contributed by atoms with van der Waals surface area (Å²) in [4.78, 5) is 10.2. The molecule has 0 spiro atoms. The van der Waals surface area contributed by atoms with Crippen molar-refractivity contribution < 1.29 is 22.7 Å². The van der Waals surface area contributed by atoms with E-state index in [0.29, 0.717) is 11.6 Å². The zero-order valence-corrected chi connectivity index (χ0v) is 12.1. The smallest absolute Gasteiger partial charge is 0.335 e. The van der Waals surface area contributed by atoms with Crippen LogP contribution in [0, 0.1) is 5.82 Å². The molecule has 1 rings (SSSR count). The molecule has 7 heteroatoms. The third kappa shape index (κ3) is 3.43. The van der Waals surface area contributed by atoms with E-state index in [1.54, 1.807) is 13.8 Å². The van der Waals surface area contributed by atoms with Crippen LogP contribution in [0.15, 0.2) is 35.2 Å². The Labute approximate surface area is 117 Å². The van der Waals surface area contributed by atoms with Crippen LogP contribution in [0.1, 0.15) is 24.2 Å². The van der Waals surface area contributed by atoms with Crippen LogP contribution in [0.2, 0.25) is 0 Å². The molecule has 0 aliphatic rings. The molecule has 0 aliphatic heterocycles. The first-order chi connectivity index (χ1) is 9.20. The second kappa shape index (κ2) is 6.15. The molecule has 0 saturated heterocycles. The standard InChI is InChI=1S/C13H16FNO4S/c1-4-15(8-9(2)3)20(18,19)12-6-5-10(13(16)17)7-11(12)14/h5-7H,2,4,8H2,1,3H3,(H,16,17). The van der Waals surface area contributed by atoms with Crippen molar-refractivity contribution in [2.24, 2.45) is 0 Å². The van der Waals surface area contributed by atoms with E-state index >= 15 is 0 Å². The van der Waals surface area contributed by atoms with Crippen LogP contribution in [-0.2, 0) is 10.0 Å². The third-order valence-corrected chi connectivity index (χ3v) is 4.55. The van der Waals surface area contributed by atoms with Gasteiger partial charge < -0.3 is 5.11 Å². The number of rotatable bonds is 6. The van der Waals surface area contributed by atoms with Crippen molar-refractivity contribution in [3.05, 3.63) is 41.7 Å². The van der Waals surface area contributed by atoms with Crippen molar-refractivity contribution in [1.29, 1.82) is 0 Å². The first-order valence-electron chi connectivity index (χ1n) is 5.87. The minimum absolute atomic E-state index is 0.0823. The summed E-state index contributed by atoms with van der Waals surface area (Å²) >= 11 is 0. The molecule has 0 radical (unpaired) electrons. The average molecular weight is 301 g/mol. The molecule has 0 fully saturated rings. The Balaban J connectivity index is 3.27. The molecule has 1 N–H and O–H groups in total. The van der Waals surface area contributed by atoms with Gasteiger partial charge in [-0.3, -0.25) is 0 Å². The summed E-state index contributed by atoms with van der Waals surface area (Å²) < 4.78 is 39.5. The topological polar surface area (TPSA) is 74.7 Å². The molecule has 20 heavy (non-hydrogen) atoms. The lowest BCUT2D eigenvalue weighted by molar-refractivity contribution is 0.0696. The van der Waals surface area contributed by atoms with Crippen molar-refractivity contribution in [3.8, 4) is 0 Å². The van der Waals surface area contributed by atoms with Crippen LogP contribution in [0.5, 0.6) is 0 Å². The number of aromatic carboxylic acids is 1. The van der Waals surface area contributed by atoms with Crippen LogP contribution >= 0.6 is 0 Å². The lowest BCUT2D eigenvalue weighted by Crippen LogP contribution is -2.32. The van der Waals surface area contributed by atoms with E-state index < -0.39 is 26.7 Å². The van der Waals surface area contributed by atoms with Gasteiger partial charge in [0, 0.05) is 13.1 Å². The Morgan fingerprint density at radius 3 is 2.45 bits per heavy atom. The predicted molar refractivity (Wildman–Crippen MR) is 72.6 cm³/mol. The van der Waals surface area contributed by atoms with Crippen LogP contribution in [0.4, 0.5) is 4.39 Å². The van der Waals surface area contributed by atoms with E-state index in [2.05, 4.69) is 6.58 Å². The SMILES string of the molecule is C=C(C)CN(CC)S(=O)(=O)c1ccc(C(=O)O)cc1F. The van der Waals surface area contributed by atoms with Crippen molar-refractivity contribution in [1.82, 2.24) is 4.31 Å². The second-order valence-corrected chi connectivity index (χ2v) is 6.25. The molecule has 0 saturated carbocycles. The summed E-state index contributed by atoms with van der Waals surface area (Å²) in [6, 6.07) is 2.73.